The molecule has 0 N–H and O–H groups in total. The molecule has 0 atom stereocenters. The molecule has 0 saturated heterocycles. The van der Waals surface area contributed by atoms with Crippen molar-refractivity contribution in [3.63, 3.8) is 0 Å². The summed E-state index contributed by atoms with van der Waals surface area (Å²) in [7, 11) is -0.639. The van der Waals surface area contributed by atoms with Gasteiger partial charge in [0, 0.05) is 16.8 Å². The van der Waals surface area contributed by atoms with Gasteiger partial charge < -0.3 is 15.4 Å². The maximum atomic E-state index is 5.75. The zero-order valence-electron chi connectivity index (χ0n) is 14.3. The topological polar surface area (TPSA) is 27.7 Å². The first-order valence-corrected chi connectivity index (χ1v) is 5.82. The predicted molar refractivity (Wildman–Crippen MR) is 69.4 cm³/mol. The smallest absolute Gasteiger partial charge is 1.00 e. The first-order chi connectivity index (χ1) is 6.79. The Morgan fingerprint density at radius 2 is 0.765 bits per heavy atom. The van der Waals surface area contributed by atoms with Crippen molar-refractivity contribution in [1.82, 2.24) is 0 Å². The summed E-state index contributed by atoms with van der Waals surface area (Å²) in [5.41, 5.74) is -0.872. The number of rotatable bonds is 3. The Morgan fingerprint density at radius 3 is 0.882 bits per heavy atom. The molecule has 0 aromatic carbocycles. The Kier molecular flexibility index (Phi) is 7.76. The molecule has 0 aliphatic heterocycles. The molecule has 0 aliphatic carbocycles. The van der Waals surface area contributed by atoms with E-state index in [4.69, 9.17) is 14.0 Å². The van der Waals surface area contributed by atoms with E-state index in [0.29, 0.717) is 0 Å². The molecule has 0 aliphatic rings. The Hall–Kier alpha value is 0.542. The minimum atomic E-state index is -0.639. The molecule has 17 heavy (non-hydrogen) atoms. The zero-order chi connectivity index (χ0) is 13.2. The first-order valence-electron chi connectivity index (χ1n) is 5.82. The third kappa shape index (κ3) is 14.5. The van der Waals surface area contributed by atoms with Crippen molar-refractivity contribution in [1.29, 1.82) is 0 Å². The van der Waals surface area contributed by atoms with Crippen molar-refractivity contribution in [2.45, 2.75) is 79.1 Å². The van der Waals surface area contributed by atoms with E-state index in [-0.39, 0.29) is 37.1 Å². The predicted octanol–water partition coefficient (Wildman–Crippen LogP) is 0.533. The number of hydrogen-bond acceptors (Lipinski definition) is 3. The Bertz CT molecular complexity index is 181. The van der Waals surface area contributed by atoms with Crippen LogP contribution < -0.4 is 18.9 Å². The minimum absolute atomic E-state index is 0. The van der Waals surface area contributed by atoms with Gasteiger partial charge >= 0.3 is 26.2 Å². The molecular weight excluding hydrogens is 210 g/mol. The summed E-state index contributed by atoms with van der Waals surface area (Å²) < 4.78 is 17.2. The van der Waals surface area contributed by atoms with Crippen LogP contribution >= 0.6 is 0 Å². The second-order valence-corrected chi connectivity index (χ2v) is 6.98. The quantitative estimate of drug-likeness (QED) is 0.671. The zero-order valence-corrected chi connectivity index (χ0v) is 13.3. The van der Waals surface area contributed by atoms with E-state index in [1.807, 2.05) is 62.3 Å². The van der Waals surface area contributed by atoms with Crippen LogP contribution in [-0.4, -0.2) is 24.1 Å². The molecule has 0 heterocycles. The Balaban J connectivity index is -0.00000112. The average molecular weight is 238 g/mol. The molecule has 0 aromatic rings. The fourth-order valence-electron chi connectivity index (χ4n) is 0.938. The average Bonchev–Trinajstić information content (AvgIpc) is 1.70. The first kappa shape index (κ1) is 19.9. The molecular formula is C12H28BLiO3. The van der Waals surface area contributed by atoms with Crippen LogP contribution in [-0.2, 0) is 14.0 Å². The van der Waals surface area contributed by atoms with Gasteiger partial charge in [0.05, 0.1) is 0 Å². The molecule has 0 bridgehead atoms. The molecule has 0 spiro atoms. The van der Waals surface area contributed by atoms with Gasteiger partial charge in [-0.25, -0.2) is 0 Å². The van der Waals surface area contributed by atoms with Crippen molar-refractivity contribution in [3.8, 4) is 0 Å². The normalized spacial score (nSPS) is 13.2. The van der Waals surface area contributed by atoms with E-state index in [0.717, 1.165) is 0 Å². The fraction of sp³-hybridized carbons (Fsp3) is 1.00. The number of hydrogen-bond donors (Lipinski definition) is 0. The third-order valence-electron chi connectivity index (χ3n) is 1.35. The summed E-state index contributed by atoms with van der Waals surface area (Å²) in [6.45, 7) is 17.9. The van der Waals surface area contributed by atoms with Gasteiger partial charge in [0.15, 0.2) is 0 Å². The van der Waals surface area contributed by atoms with Crippen molar-refractivity contribution in [2.24, 2.45) is 0 Å². The minimum Gasteiger partial charge on any atom is -1.00 e. The van der Waals surface area contributed by atoms with E-state index in [9.17, 15) is 0 Å². The largest absolute Gasteiger partial charge is 1.00 e. The summed E-state index contributed by atoms with van der Waals surface area (Å²) in [6.07, 6.45) is 0. The van der Waals surface area contributed by atoms with Crippen LogP contribution in [0.2, 0.25) is 0 Å². The van der Waals surface area contributed by atoms with Crippen LogP contribution in [0.1, 0.15) is 63.7 Å². The second-order valence-electron chi connectivity index (χ2n) is 6.98. The summed E-state index contributed by atoms with van der Waals surface area (Å²) in [6, 6.07) is 0. The van der Waals surface area contributed by atoms with Gasteiger partial charge in [0.1, 0.15) is 0 Å². The van der Waals surface area contributed by atoms with Crippen LogP contribution in [0, 0.1) is 0 Å². The molecule has 0 saturated carbocycles. The summed E-state index contributed by atoms with van der Waals surface area (Å²) >= 11 is 0. The van der Waals surface area contributed by atoms with Gasteiger partial charge in [0.2, 0.25) is 0 Å². The Morgan fingerprint density at radius 1 is 0.588 bits per heavy atom. The molecule has 0 unspecified atom stereocenters. The summed E-state index contributed by atoms with van der Waals surface area (Å²) in [5.74, 6) is 0. The van der Waals surface area contributed by atoms with E-state index in [1.165, 1.54) is 0 Å². The molecule has 3 nitrogen and oxygen atoms in total. The standard InChI is InChI=1S/C12H27BO3.Li.H/c1-10(2,3)14-13(15-11(4,5)6)16-12(7,8)9;;/h1-9H3;;/q;+1;-1. The summed E-state index contributed by atoms with van der Waals surface area (Å²) in [4.78, 5) is 0. The van der Waals surface area contributed by atoms with Gasteiger partial charge in [-0.15, -0.1) is 0 Å². The maximum Gasteiger partial charge on any atom is 1.00 e. The molecule has 0 amide bonds. The van der Waals surface area contributed by atoms with Gasteiger partial charge in [-0.05, 0) is 62.3 Å². The van der Waals surface area contributed by atoms with Gasteiger partial charge in [-0.2, -0.15) is 0 Å². The van der Waals surface area contributed by atoms with E-state index < -0.39 is 7.32 Å². The van der Waals surface area contributed by atoms with Gasteiger partial charge in [-0.1, -0.05) is 0 Å². The van der Waals surface area contributed by atoms with Crippen molar-refractivity contribution in [3.05, 3.63) is 0 Å². The molecule has 0 rings (SSSR count). The van der Waals surface area contributed by atoms with E-state index in [2.05, 4.69) is 0 Å². The third-order valence-corrected chi connectivity index (χ3v) is 1.35. The van der Waals surface area contributed by atoms with Crippen LogP contribution in [0.4, 0.5) is 0 Å². The molecule has 0 aromatic heterocycles. The van der Waals surface area contributed by atoms with Crippen LogP contribution in [0.25, 0.3) is 0 Å². The van der Waals surface area contributed by atoms with Crippen molar-refractivity contribution in [2.75, 3.05) is 0 Å². The van der Waals surface area contributed by atoms with E-state index >= 15 is 0 Å². The molecule has 98 valence electrons. The van der Waals surface area contributed by atoms with Crippen molar-refractivity contribution >= 4 is 7.32 Å². The van der Waals surface area contributed by atoms with Crippen LogP contribution in [0.5, 0.6) is 0 Å². The Labute approximate surface area is 121 Å². The molecule has 0 radical (unpaired) electrons. The molecule has 5 heteroatoms. The fourth-order valence-corrected chi connectivity index (χ4v) is 0.938. The second kappa shape index (κ2) is 6.63. The molecule has 0 fully saturated rings. The maximum absolute atomic E-state index is 5.75. The van der Waals surface area contributed by atoms with Gasteiger partial charge in [0.25, 0.3) is 0 Å². The van der Waals surface area contributed by atoms with Gasteiger partial charge in [-0.3, -0.25) is 0 Å². The monoisotopic (exact) mass is 238 g/mol. The SMILES string of the molecule is CC(C)(C)OB(OC(C)(C)C)OC(C)(C)C.[H-].[Li+]. The van der Waals surface area contributed by atoms with E-state index in [1.54, 1.807) is 0 Å². The van der Waals surface area contributed by atoms with Crippen molar-refractivity contribution < 1.29 is 34.3 Å². The van der Waals surface area contributed by atoms with Crippen LogP contribution in [0.15, 0.2) is 0 Å². The summed E-state index contributed by atoms with van der Waals surface area (Å²) in [5, 5.41) is 0. The van der Waals surface area contributed by atoms with Crippen LogP contribution in [0.3, 0.4) is 0 Å².